The lowest BCUT2D eigenvalue weighted by molar-refractivity contribution is 0.0999. The van der Waals surface area contributed by atoms with Crippen molar-refractivity contribution in [3.63, 3.8) is 0 Å². The van der Waals surface area contributed by atoms with Crippen LogP contribution in [0.1, 0.15) is 40.4 Å². The smallest absolute Gasteiger partial charge is 0.173 e. The molecule has 24 heavy (non-hydrogen) atoms. The van der Waals surface area contributed by atoms with Crippen LogP contribution in [0, 0.1) is 11.3 Å². The van der Waals surface area contributed by atoms with Crippen LogP contribution in [-0.4, -0.2) is 34.5 Å². The van der Waals surface area contributed by atoms with Crippen LogP contribution in [0.4, 0.5) is 5.82 Å². The Hall–Kier alpha value is -2.78. The summed E-state index contributed by atoms with van der Waals surface area (Å²) in [5.74, 6) is 0.699. The highest BCUT2D eigenvalue weighted by Crippen LogP contribution is 2.31. The maximum absolute atomic E-state index is 12.4. The highest BCUT2D eigenvalue weighted by molar-refractivity contribution is 6.15. The molecule has 0 amide bonds. The molecule has 0 aliphatic carbocycles. The van der Waals surface area contributed by atoms with E-state index in [2.05, 4.69) is 11.2 Å². The summed E-state index contributed by atoms with van der Waals surface area (Å²) in [6.45, 7) is 1.32. The molecule has 1 unspecified atom stereocenters. The Morgan fingerprint density at radius 1 is 1.42 bits per heavy atom. The van der Waals surface area contributed by atoms with Gasteiger partial charge in [-0.05, 0) is 24.1 Å². The lowest BCUT2D eigenvalue weighted by Crippen LogP contribution is -2.17. The largest absolute Gasteiger partial charge is 0.379 e. The van der Waals surface area contributed by atoms with Gasteiger partial charge >= 0.3 is 0 Å². The number of hydrogen-bond donors (Lipinski definition) is 0. The van der Waals surface area contributed by atoms with E-state index >= 15 is 0 Å². The fraction of sp³-hybridized carbons (Fsp3) is 0.333. The number of ether oxygens (including phenoxy) is 1. The van der Waals surface area contributed by atoms with Gasteiger partial charge in [0.15, 0.2) is 11.6 Å². The second kappa shape index (κ2) is 6.02. The highest BCUT2D eigenvalue weighted by Gasteiger charge is 2.28. The third kappa shape index (κ3) is 2.63. The number of Topliss-reactive ketones (excluding diaryl/α,β-unsaturated/α-hetero) is 1. The molecule has 1 aromatic heterocycles. The molecule has 4 rings (SSSR count). The minimum absolute atomic E-state index is 0.0524. The van der Waals surface area contributed by atoms with Crippen LogP contribution in [0.15, 0.2) is 35.5 Å². The van der Waals surface area contributed by atoms with Gasteiger partial charge in [0.25, 0.3) is 0 Å². The molecule has 1 saturated heterocycles. The molecule has 6 nitrogen and oxygen atoms in total. The Balaban J connectivity index is 1.66. The number of carbonyl (C=O) groups excluding carboxylic acids is 1. The molecule has 0 radical (unpaired) electrons. The van der Waals surface area contributed by atoms with Crippen LogP contribution in [0.2, 0.25) is 0 Å². The number of nitrogens with zero attached hydrogens (tertiary/aromatic N) is 4. The second-order valence-electron chi connectivity index (χ2n) is 6.11. The fourth-order valence-corrected chi connectivity index (χ4v) is 3.20. The number of ketones is 1. The van der Waals surface area contributed by atoms with Crippen molar-refractivity contribution in [2.45, 2.75) is 25.3 Å². The van der Waals surface area contributed by atoms with Gasteiger partial charge in [0, 0.05) is 18.7 Å². The number of rotatable bonds is 3. The van der Waals surface area contributed by atoms with E-state index < -0.39 is 0 Å². The monoisotopic (exact) mass is 320 g/mol. The molecule has 0 N–H and O–H groups in total. The van der Waals surface area contributed by atoms with E-state index in [1.807, 2.05) is 22.9 Å². The standard InChI is InChI=1S/C18H16N4O2/c19-9-13-3-1-2-12(6-13)7-14-8-17(23)16-10-20-22(18(16)21-14)15-4-5-24-11-15/h1-3,6,10,15H,4-5,7-8,11H2. The van der Waals surface area contributed by atoms with E-state index in [-0.39, 0.29) is 11.8 Å². The molecule has 1 aromatic carbocycles. The Bertz CT molecular complexity index is 869. The number of hydrogen-bond acceptors (Lipinski definition) is 5. The van der Waals surface area contributed by atoms with Crippen molar-refractivity contribution in [1.29, 1.82) is 5.26 Å². The van der Waals surface area contributed by atoms with Gasteiger partial charge in [-0.25, -0.2) is 9.67 Å². The minimum atomic E-state index is 0.0524. The summed E-state index contributed by atoms with van der Waals surface area (Å²) in [5, 5.41) is 13.4. The SMILES string of the molecule is N#Cc1cccc(CC2=Nc3c(cnn3C3CCOC3)C(=O)C2)c1. The minimum Gasteiger partial charge on any atom is -0.379 e. The van der Waals surface area contributed by atoms with E-state index in [0.29, 0.717) is 43.0 Å². The van der Waals surface area contributed by atoms with Gasteiger partial charge in [-0.15, -0.1) is 0 Å². The van der Waals surface area contributed by atoms with E-state index in [4.69, 9.17) is 15.0 Å². The van der Waals surface area contributed by atoms with Crippen LogP contribution in [0.3, 0.4) is 0 Å². The van der Waals surface area contributed by atoms with Gasteiger partial charge in [0.1, 0.15) is 0 Å². The zero-order chi connectivity index (χ0) is 16.5. The van der Waals surface area contributed by atoms with Crippen LogP contribution >= 0.6 is 0 Å². The molecule has 1 atom stereocenters. The summed E-state index contributed by atoms with van der Waals surface area (Å²) in [5.41, 5.74) is 3.00. The average molecular weight is 320 g/mol. The van der Waals surface area contributed by atoms with Gasteiger partial charge in [0.2, 0.25) is 0 Å². The molecule has 3 heterocycles. The number of carbonyl (C=O) groups is 1. The zero-order valence-electron chi connectivity index (χ0n) is 13.1. The summed E-state index contributed by atoms with van der Waals surface area (Å²) in [6, 6.07) is 9.69. The van der Waals surface area contributed by atoms with Crippen molar-refractivity contribution in [1.82, 2.24) is 9.78 Å². The van der Waals surface area contributed by atoms with Crippen molar-refractivity contribution in [2.24, 2.45) is 4.99 Å². The number of nitriles is 1. The quantitative estimate of drug-likeness (QED) is 0.870. The lowest BCUT2D eigenvalue weighted by atomic mass is 9.98. The molecular weight excluding hydrogens is 304 g/mol. The molecule has 2 aliphatic rings. The third-order valence-corrected chi connectivity index (χ3v) is 4.41. The first kappa shape index (κ1) is 14.8. The topological polar surface area (TPSA) is 80.3 Å². The molecule has 120 valence electrons. The van der Waals surface area contributed by atoms with E-state index in [9.17, 15) is 4.79 Å². The maximum atomic E-state index is 12.4. The molecule has 6 heteroatoms. The first-order valence-electron chi connectivity index (χ1n) is 7.98. The van der Waals surface area contributed by atoms with Crippen LogP contribution < -0.4 is 0 Å². The van der Waals surface area contributed by atoms with E-state index in [0.717, 1.165) is 17.7 Å². The summed E-state index contributed by atoms with van der Waals surface area (Å²) in [4.78, 5) is 17.1. The Labute approximate surface area is 139 Å². The van der Waals surface area contributed by atoms with Gasteiger partial charge in [-0.1, -0.05) is 12.1 Å². The van der Waals surface area contributed by atoms with Crippen molar-refractivity contribution in [2.75, 3.05) is 13.2 Å². The number of aromatic nitrogens is 2. The molecule has 0 bridgehead atoms. The van der Waals surface area contributed by atoms with Gasteiger partial charge in [-0.3, -0.25) is 4.79 Å². The molecule has 0 spiro atoms. The molecule has 1 fully saturated rings. The van der Waals surface area contributed by atoms with Gasteiger partial charge in [-0.2, -0.15) is 10.4 Å². The second-order valence-corrected chi connectivity index (χ2v) is 6.11. The van der Waals surface area contributed by atoms with Crippen LogP contribution in [-0.2, 0) is 11.2 Å². The van der Waals surface area contributed by atoms with Crippen molar-refractivity contribution in [3.05, 3.63) is 47.2 Å². The Morgan fingerprint density at radius 2 is 2.33 bits per heavy atom. The molecule has 2 aromatic rings. The van der Waals surface area contributed by atoms with Gasteiger partial charge < -0.3 is 4.74 Å². The highest BCUT2D eigenvalue weighted by atomic mass is 16.5. The average Bonchev–Trinajstić information content (AvgIpc) is 3.24. The summed E-state index contributed by atoms with van der Waals surface area (Å²) < 4.78 is 7.25. The number of fused-ring (bicyclic) bond motifs is 1. The van der Waals surface area contributed by atoms with Crippen molar-refractivity contribution < 1.29 is 9.53 Å². The van der Waals surface area contributed by atoms with E-state index in [1.54, 1.807) is 12.3 Å². The fourth-order valence-electron chi connectivity index (χ4n) is 3.20. The first-order valence-corrected chi connectivity index (χ1v) is 7.98. The van der Waals surface area contributed by atoms with Crippen LogP contribution in [0.5, 0.6) is 0 Å². The van der Waals surface area contributed by atoms with Crippen molar-refractivity contribution in [3.8, 4) is 6.07 Å². The van der Waals surface area contributed by atoms with Crippen LogP contribution in [0.25, 0.3) is 0 Å². The maximum Gasteiger partial charge on any atom is 0.173 e. The summed E-state index contributed by atoms with van der Waals surface area (Å²) in [7, 11) is 0. The molecular formula is C18H16N4O2. The Morgan fingerprint density at radius 3 is 3.12 bits per heavy atom. The predicted molar refractivity (Wildman–Crippen MR) is 87.6 cm³/mol. The van der Waals surface area contributed by atoms with E-state index in [1.165, 1.54) is 0 Å². The summed E-state index contributed by atoms with van der Waals surface area (Å²) in [6.07, 6.45) is 3.37. The molecule has 2 aliphatic heterocycles. The normalized spacial score (nSPS) is 19.7. The summed E-state index contributed by atoms with van der Waals surface area (Å²) >= 11 is 0. The number of aliphatic imine (C=N–C) groups is 1. The lowest BCUT2D eigenvalue weighted by Gasteiger charge is -2.16. The van der Waals surface area contributed by atoms with Gasteiger partial charge in [0.05, 0.1) is 42.5 Å². The molecule has 0 saturated carbocycles. The first-order chi connectivity index (χ1) is 11.7. The van der Waals surface area contributed by atoms with Crippen molar-refractivity contribution >= 4 is 17.3 Å². The Kier molecular flexibility index (Phi) is 3.71. The zero-order valence-corrected chi connectivity index (χ0v) is 13.1. The third-order valence-electron chi connectivity index (χ3n) is 4.41. The predicted octanol–water partition coefficient (Wildman–Crippen LogP) is 2.62. The number of benzene rings is 1.